The van der Waals surface area contributed by atoms with E-state index in [1.165, 1.54) is 7.11 Å². The van der Waals surface area contributed by atoms with Crippen LogP contribution in [-0.4, -0.2) is 30.6 Å². The Kier molecular flexibility index (Phi) is 4.28. The van der Waals surface area contributed by atoms with Crippen molar-refractivity contribution in [2.24, 2.45) is 5.10 Å². The molecule has 0 aliphatic carbocycles. The van der Waals surface area contributed by atoms with E-state index >= 15 is 0 Å². The highest BCUT2D eigenvalue weighted by Gasteiger charge is 2.41. The summed E-state index contributed by atoms with van der Waals surface area (Å²) in [4.78, 5) is 11.8. The SMILES string of the molecule is COC(=O)c1ccc([C@H]2Oc3ccccc3[C@H]3CC(c4ccc5c(c4)OCO5)=NN32)cc1. The largest absolute Gasteiger partial charge is 0.465 e. The van der Waals surface area contributed by atoms with Gasteiger partial charge in [0.1, 0.15) is 5.75 Å². The van der Waals surface area contributed by atoms with Gasteiger partial charge < -0.3 is 18.9 Å². The summed E-state index contributed by atoms with van der Waals surface area (Å²) in [5.74, 6) is 1.97. The molecule has 0 radical (unpaired) electrons. The second-order valence-electron chi connectivity index (χ2n) is 7.84. The van der Waals surface area contributed by atoms with E-state index in [0.29, 0.717) is 5.56 Å². The Labute approximate surface area is 184 Å². The van der Waals surface area contributed by atoms with Crippen LogP contribution in [0.25, 0.3) is 0 Å². The van der Waals surface area contributed by atoms with Gasteiger partial charge in [0, 0.05) is 23.1 Å². The van der Waals surface area contributed by atoms with Gasteiger partial charge in [0.2, 0.25) is 13.0 Å². The summed E-state index contributed by atoms with van der Waals surface area (Å²) in [6.07, 6.45) is 0.338. The summed E-state index contributed by atoms with van der Waals surface area (Å²) in [6, 6.07) is 21.3. The van der Waals surface area contributed by atoms with Crippen LogP contribution in [0.5, 0.6) is 17.2 Å². The lowest BCUT2D eigenvalue weighted by Gasteiger charge is -2.38. The summed E-state index contributed by atoms with van der Waals surface area (Å²) in [7, 11) is 1.37. The summed E-state index contributed by atoms with van der Waals surface area (Å²) < 4.78 is 22.2. The number of carbonyl (C=O) groups is 1. The third-order valence-electron chi connectivity index (χ3n) is 6.02. The summed E-state index contributed by atoms with van der Waals surface area (Å²) >= 11 is 0. The molecular formula is C25H20N2O5. The molecule has 6 rings (SSSR count). The van der Waals surface area contributed by atoms with Crippen LogP contribution in [0.1, 0.15) is 45.7 Å². The van der Waals surface area contributed by atoms with Crippen molar-refractivity contribution in [2.45, 2.75) is 18.7 Å². The van der Waals surface area contributed by atoms with E-state index in [9.17, 15) is 4.79 Å². The second-order valence-corrected chi connectivity index (χ2v) is 7.84. The monoisotopic (exact) mass is 428 g/mol. The van der Waals surface area contributed by atoms with Gasteiger partial charge in [0.25, 0.3) is 0 Å². The third kappa shape index (κ3) is 2.97. The minimum atomic E-state index is -0.409. The van der Waals surface area contributed by atoms with Crippen molar-refractivity contribution in [1.29, 1.82) is 0 Å². The number of carbonyl (C=O) groups excluding carboxylic acids is 1. The zero-order valence-corrected chi connectivity index (χ0v) is 17.4. The minimum Gasteiger partial charge on any atom is -0.465 e. The van der Waals surface area contributed by atoms with Gasteiger partial charge in [-0.05, 0) is 36.4 Å². The fourth-order valence-electron chi connectivity index (χ4n) is 4.41. The van der Waals surface area contributed by atoms with E-state index in [-0.39, 0.29) is 18.8 Å². The number of hydrogen-bond acceptors (Lipinski definition) is 7. The first kappa shape index (κ1) is 18.7. The molecule has 0 bridgehead atoms. The van der Waals surface area contributed by atoms with E-state index in [1.807, 2.05) is 53.5 Å². The number of para-hydroxylation sites is 1. The molecule has 3 aliphatic rings. The van der Waals surface area contributed by atoms with Crippen molar-refractivity contribution >= 4 is 11.7 Å². The van der Waals surface area contributed by atoms with E-state index < -0.39 is 6.23 Å². The van der Waals surface area contributed by atoms with Gasteiger partial charge in [-0.3, -0.25) is 0 Å². The number of nitrogens with zero attached hydrogens (tertiary/aromatic N) is 2. The smallest absolute Gasteiger partial charge is 0.337 e. The number of methoxy groups -OCH3 is 1. The van der Waals surface area contributed by atoms with Crippen LogP contribution in [0.15, 0.2) is 71.8 Å². The Morgan fingerprint density at radius 2 is 1.81 bits per heavy atom. The van der Waals surface area contributed by atoms with Gasteiger partial charge in [-0.25, -0.2) is 9.80 Å². The fraction of sp³-hybridized carbons (Fsp3) is 0.200. The topological polar surface area (TPSA) is 69.6 Å². The Morgan fingerprint density at radius 1 is 1.00 bits per heavy atom. The first-order valence-electron chi connectivity index (χ1n) is 10.4. The average Bonchev–Trinajstić information content (AvgIpc) is 3.50. The van der Waals surface area contributed by atoms with Gasteiger partial charge in [0.15, 0.2) is 11.5 Å². The van der Waals surface area contributed by atoms with Crippen LogP contribution >= 0.6 is 0 Å². The van der Waals surface area contributed by atoms with Gasteiger partial charge in [-0.1, -0.05) is 30.3 Å². The maximum absolute atomic E-state index is 11.8. The highest BCUT2D eigenvalue weighted by molar-refractivity contribution is 6.02. The number of esters is 1. The Balaban J connectivity index is 1.39. The summed E-state index contributed by atoms with van der Waals surface area (Å²) in [6.45, 7) is 0.241. The standard InChI is InChI=1S/C25H20N2O5/c1-29-25(28)16-8-6-15(7-9-16)24-27-20(18-4-2-3-5-21(18)32-24)13-19(26-27)17-10-11-22-23(12-17)31-14-30-22/h2-12,20,24H,13-14H2,1H3/t20-,24-/m1/s1. The highest BCUT2D eigenvalue weighted by Crippen LogP contribution is 2.47. The first-order chi connectivity index (χ1) is 15.7. The van der Waals surface area contributed by atoms with E-state index in [0.717, 1.165) is 46.1 Å². The van der Waals surface area contributed by atoms with Crippen LogP contribution in [0.4, 0.5) is 0 Å². The second kappa shape index (κ2) is 7.30. The lowest BCUT2D eigenvalue weighted by molar-refractivity contribution is -0.0190. The van der Waals surface area contributed by atoms with Gasteiger partial charge in [0.05, 0.1) is 24.4 Å². The Morgan fingerprint density at radius 3 is 2.66 bits per heavy atom. The van der Waals surface area contributed by atoms with Crippen LogP contribution in [0.3, 0.4) is 0 Å². The fourth-order valence-corrected chi connectivity index (χ4v) is 4.41. The molecule has 0 unspecified atom stereocenters. The van der Waals surface area contributed by atoms with E-state index in [4.69, 9.17) is 24.0 Å². The number of fused-ring (bicyclic) bond motifs is 4. The molecule has 0 fully saturated rings. The molecule has 0 aromatic heterocycles. The summed E-state index contributed by atoms with van der Waals surface area (Å²) in [5.41, 5.74) is 4.47. The zero-order valence-electron chi connectivity index (χ0n) is 17.4. The number of ether oxygens (including phenoxy) is 4. The van der Waals surface area contributed by atoms with Gasteiger partial charge >= 0.3 is 5.97 Å². The highest BCUT2D eigenvalue weighted by atomic mass is 16.7. The molecule has 3 aromatic rings. The zero-order chi connectivity index (χ0) is 21.7. The Hall–Kier alpha value is -4.00. The van der Waals surface area contributed by atoms with Crippen molar-refractivity contribution in [3.05, 3.63) is 89.0 Å². The first-order valence-corrected chi connectivity index (χ1v) is 10.4. The van der Waals surface area contributed by atoms with Crippen molar-refractivity contribution in [2.75, 3.05) is 13.9 Å². The van der Waals surface area contributed by atoms with Gasteiger partial charge in [-0.2, -0.15) is 5.10 Å². The maximum atomic E-state index is 11.8. The molecule has 0 saturated carbocycles. The lowest BCUT2D eigenvalue weighted by Crippen LogP contribution is -2.33. The predicted octanol–water partition coefficient (Wildman–Crippen LogP) is 4.44. The van der Waals surface area contributed by atoms with Crippen LogP contribution < -0.4 is 14.2 Å². The van der Waals surface area contributed by atoms with Crippen molar-refractivity contribution in [3.63, 3.8) is 0 Å². The molecule has 7 heteroatoms. The van der Waals surface area contributed by atoms with Crippen LogP contribution in [0.2, 0.25) is 0 Å². The van der Waals surface area contributed by atoms with Crippen molar-refractivity contribution in [1.82, 2.24) is 5.01 Å². The molecule has 2 atom stereocenters. The molecule has 160 valence electrons. The van der Waals surface area contributed by atoms with Crippen molar-refractivity contribution < 1.29 is 23.7 Å². The average molecular weight is 428 g/mol. The molecular weight excluding hydrogens is 408 g/mol. The Bertz CT molecular complexity index is 1240. The molecule has 7 nitrogen and oxygen atoms in total. The normalized spacial score (nSPS) is 20.2. The molecule has 0 N–H and O–H groups in total. The number of hydrazone groups is 1. The maximum Gasteiger partial charge on any atom is 0.337 e. The molecule has 3 aliphatic heterocycles. The van der Waals surface area contributed by atoms with E-state index in [2.05, 4.69) is 6.07 Å². The number of rotatable bonds is 3. The minimum absolute atomic E-state index is 0.0469. The molecule has 3 heterocycles. The van der Waals surface area contributed by atoms with Crippen molar-refractivity contribution in [3.8, 4) is 17.2 Å². The molecule has 0 spiro atoms. The molecule has 3 aromatic carbocycles. The number of benzene rings is 3. The molecule has 0 saturated heterocycles. The molecule has 0 amide bonds. The van der Waals surface area contributed by atoms with E-state index in [1.54, 1.807) is 12.1 Å². The van der Waals surface area contributed by atoms with Gasteiger partial charge in [-0.15, -0.1) is 0 Å². The number of hydrogen-bond donors (Lipinski definition) is 0. The van der Waals surface area contributed by atoms with Crippen LogP contribution in [-0.2, 0) is 4.74 Å². The quantitative estimate of drug-likeness (QED) is 0.575. The third-order valence-corrected chi connectivity index (χ3v) is 6.02. The predicted molar refractivity (Wildman–Crippen MR) is 116 cm³/mol. The van der Waals surface area contributed by atoms with Crippen LogP contribution in [0, 0.1) is 0 Å². The molecule has 32 heavy (non-hydrogen) atoms. The summed E-state index contributed by atoms with van der Waals surface area (Å²) in [5, 5.41) is 6.98. The lowest BCUT2D eigenvalue weighted by atomic mass is 9.95.